The van der Waals surface area contributed by atoms with Crippen LogP contribution in [0.2, 0.25) is 0 Å². The van der Waals surface area contributed by atoms with Crippen LogP contribution in [0.15, 0.2) is 71.3 Å². The van der Waals surface area contributed by atoms with E-state index in [1.807, 2.05) is 25.1 Å². The molecule has 0 spiro atoms. The second kappa shape index (κ2) is 10.5. The summed E-state index contributed by atoms with van der Waals surface area (Å²) in [5.74, 6) is 0.657. The van der Waals surface area contributed by atoms with Gasteiger partial charge in [0.1, 0.15) is 0 Å². The third-order valence-electron chi connectivity index (χ3n) is 4.85. The molecule has 0 unspecified atom stereocenters. The molecular weight excluding hydrogens is 364 g/mol. The number of ether oxygens (including phenoxy) is 1. The standard InChI is InChI=1S/C23H28N4O2/c1-3-29-17-16-27(15-12-19-8-6-4-5-7-9-19)23-25-21(18-22(28)26(23)2)20-10-13-24-14-11-20/h4-8,10-11,13-14,18H,3,9,12,15-17H2,1-2H3. The van der Waals surface area contributed by atoms with E-state index in [0.717, 1.165) is 24.9 Å². The Kier molecular flexibility index (Phi) is 7.53. The molecular formula is C23H28N4O2. The largest absolute Gasteiger partial charge is 0.380 e. The molecule has 29 heavy (non-hydrogen) atoms. The van der Waals surface area contributed by atoms with Gasteiger partial charge in [0.05, 0.1) is 12.3 Å². The van der Waals surface area contributed by atoms with Crippen molar-refractivity contribution in [3.63, 3.8) is 0 Å². The van der Waals surface area contributed by atoms with E-state index in [9.17, 15) is 4.79 Å². The van der Waals surface area contributed by atoms with Crippen molar-refractivity contribution >= 4 is 5.95 Å². The average molecular weight is 393 g/mol. The number of nitrogens with zero attached hydrogens (tertiary/aromatic N) is 4. The molecule has 3 rings (SSSR count). The van der Waals surface area contributed by atoms with E-state index in [1.165, 1.54) is 5.57 Å². The first-order chi connectivity index (χ1) is 14.2. The van der Waals surface area contributed by atoms with Gasteiger partial charge in [-0.1, -0.05) is 36.0 Å². The van der Waals surface area contributed by atoms with Gasteiger partial charge in [0.15, 0.2) is 0 Å². The molecule has 0 aromatic carbocycles. The molecule has 0 radical (unpaired) electrons. The van der Waals surface area contributed by atoms with Gasteiger partial charge in [-0.25, -0.2) is 4.98 Å². The van der Waals surface area contributed by atoms with Gasteiger partial charge in [-0.15, -0.1) is 0 Å². The first kappa shape index (κ1) is 20.7. The average Bonchev–Trinajstić information content (AvgIpc) is 3.02. The Hall–Kier alpha value is -2.99. The quantitative estimate of drug-likeness (QED) is 0.611. The fourth-order valence-electron chi connectivity index (χ4n) is 3.20. The lowest BCUT2D eigenvalue weighted by atomic mass is 10.1. The topological polar surface area (TPSA) is 60.2 Å². The lowest BCUT2D eigenvalue weighted by Crippen LogP contribution is -2.35. The fourth-order valence-corrected chi connectivity index (χ4v) is 3.20. The van der Waals surface area contributed by atoms with E-state index >= 15 is 0 Å². The molecule has 6 heteroatoms. The summed E-state index contributed by atoms with van der Waals surface area (Å²) >= 11 is 0. The highest BCUT2D eigenvalue weighted by molar-refractivity contribution is 5.59. The second-order valence-corrected chi connectivity index (χ2v) is 6.85. The number of rotatable bonds is 9. The highest BCUT2D eigenvalue weighted by atomic mass is 16.5. The van der Waals surface area contributed by atoms with E-state index in [4.69, 9.17) is 9.72 Å². The first-order valence-electron chi connectivity index (χ1n) is 10.0. The number of aromatic nitrogens is 3. The molecule has 0 atom stereocenters. The molecule has 2 aromatic rings. The van der Waals surface area contributed by atoms with Gasteiger partial charge in [-0.3, -0.25) is 14.3 Å². The number of hydrogen-bond acceptors (Lipinski definition) is 5. The summed E-state index contributed by atoms with van der Waals surface area (Å²) in [4.78, 5) is 23.7. The maximum absolute atomic E-state index is 12.6. The van der Waals surface area contributed by atoms with Gasteiger partial charge in [-0.05, 0) is 31.9 Å². The van der Waals surface area contributed by atoms with Gasteiger partial charge in [-0.2, -0.15) is 0 Å². The molecule has 152 valence electrons. The van der Waals surface area contributed by atoms with Crippen LogP contribution in [0.25, 0.3) is 11.3 Å². The molecule has 0 fully saturated rings. The minimum absolute atomic E-state index is 0.0808. The van der Waals surface area contributed by atoms with Gasteiger partial charge in [0, 0.05) is 50.8 Å². The van der Waals surface area contributed by atoms with E-state index in [1.54, 1.807) is 30.1 Å². The predicted octanol–water partition coefficient (Wildman–Crippen LogP) is 3.52. The summed E-state index contributed by atoms with van der Waals surface area (Å²) in [5, 5.41) is 0. The van der Waals surface area contributed by atoms with Crippen molar-refractivity contribution in [2.45, 2.75) is 19.8 Å². The number of pyridine rings is 1. The molecule has 1 aliphatic rings. The summed E-state index contributed by atoms with van der Waals surface area (Å²) in [5.41, 5.74) is 2.81. The Morgan fingerprint density at radius 2 is 2.00 bits per heavy atom. The molecule has 0 saturated carbocycles. The number of hydrogen-bond donors (Lipinski definition) is 0. The van der Waals surface area contributed by atoms with Crippen LogP contribution in [0, 0.1) is 0 Å². The summed E-state index contributed by atoms with van der Waals surface area (Å²) in [6, 6.07) is 5.30. The van der Waals surface area contributed by atoms with Crippen molar-refractivity contribution in [1.29, 1.82) is 0 Å². The van der Waals surface area contributed by atoms with Crippen molar-refractivity contribution in [2.75, 3.05) is 31.2 Å². The molecule has 0 saturated heterocycles. The third kappa shape index (κ3) is 5.74. The summed E-state index contributed by atoms with van der Waals surface area (Å²) in [6.07, 6.45) is 15.8. The minimum Gasteiger partial charge on any atom is -0.380 e. The Morgan fingerprint density at radius 3 is 2.79 bits per heavy atom. The molecule has 0 bridgehead atoms. The van der Waals surface area contributed by atoms with Gasteiger partial charge in [0.25, 0.3) is 5.56 Å². The van der Waals surface area contributed by atoms with E-state index in [0.29, 0.717) is 31.4 Å². The van der Waals surface area contributed by atoms with E-state index in [-0.39, 0.29) is 5.56 Å². The molecule has 6 nitrogen and oxygen atoms in total. The Balaban J connectivity index is 1.88. The zero-order chi connectivity index (χ0) is 20.5. The molecule has 2 heterocycles. The second-order valence-electron chi connectivity index (χ2n) is 6.85. The lowest BCUT2D eigenvalue weighted by molar-refractivity contribution is 0.153. The van der Waals surface area contributed by atoms with Crippen molar-refractivity contribution in [1.82, 2.24) is 14.5 Å². The predicted molar refractivity (Wildman–Crippen MR) is 117 cm³/mol. The Labute approximate surface area is 171 Å². The molecule has 1 aliphatic carbocycles. The normalized spacial score (nSPS) is 13.2. The zero-order valence-corrected chi connectivity index (χ0v) is 17.1. The van der Waals surface area contributed by atoms with Crippen molar-refractivity contribution in [3.8, 4) is 11.3 Å². The number of allylic oxidation sites excluding steroid dienone is 5. The zero-order valence-electron chi connectivity index (χ0n) is 17.1. The van der Waals surface area contributed by atoms with Crippen molar-refractivity contribution in [2.24, 2.45) is 7.05 Å². The molecule has 2 aromatic heterocycles. The number of anilines is 1. The van der Waals surface area contributed by atoms with Crippen LogP contribution in [-0.4, -0.2) is 40.8 Å². The van der Waals surface area contributed by atoms with Crippen LogP contribution in [0.4, 0.5) is 5.95 Å². The first-order valence-corrected chi connectivity index (χ1v) is 10.0. The SMILES string of the molecule is CCOCCN(CCC1=CC=CC=CC1)c1nc(-c2ccncc2)cc(=O)n1C. The van der Waals surface area contributed by atoms with Crippen LogP contribution in [-0.2, 0) is 11.8 Å². The maximum atomic E-state index is 12.6. The van der Waals surface area contributed by atoms with Gasteiger partial charge < -0.3 is 9.64 Å². The van der Waals surface area contributed by atoms with Crippen LogP contribution in [0.1, 0.15) is 19.8 Å². The fraction of sp³-hybridized carbons (Fsp3) is 0.348. The summed E-state index contributed by atoms with van der Waals surface area (Å²) in [6.45, 7) is 4.67. The Bertz CT molecular complexity index is 945. The van der Waals surface area contributed by atoms with Crippen LogP contribution in [0.3, 0.4) is 0 Å². The van der Waals surface area contributed by atoms with Crippen molar-refractivity contribution in [3.05, 3.63) is 76.9 Å². The Morgan fingerprint density at radius 1 is 1.17 bits per heavy atom. The van der Waals surface area contributed by atoms with E-state index < -0.39 is 0 Å². The maximum Gasteiger partial charge on any atom is 0.255 e. The summed E-state index contributed by atoms with van der Waals surface area (Å²) in [7, 11) is 1.77. The third-order valence-corrected chi connectivity index (χ3v) is 4.85. The van der Waals surface area contributed by atoms with Crippen LogP contribution >= 0.6 is 0 Å². The van der Waals surface area contributed by atoms with Crippen molar-refractivity contribution < 1.29 is 4.74 Å². The highest BCUT2D eigenvalue weighted by Crippen LogP contribution is 2.19. The minimum atomic E-state index is -0.0808. The highest BCUT2D eigenvalue weighted by Gasteiger charge is 2.15. The van der Waals surface area contributed by atoms with E-state index in [2.05, 4.69) is 34.2 Å². The molecule has 0 N–H and O–H groups in total. The smallest absolute Gasteiger partial charge is 0.255 e. The molecule has 0 aliphatic heterocycles. The monoisotopic (exact) mass is 392 g/mol. The van der Waals surface area contributed by atoms with Gasteiger partial charge in [0.2, 0.25) is 5.95 Å². The lowest BCUT2D eigenvalue weighted by Gasteiger charge is -2.26. The summed E-state index contributed by atoms with van der Waals surface area (Å²) < 4.78 is 7.19. The van der Waals surface area contributed by atoms with Crippen LogP contribution < -0.4 is 10.5 Å². The molecule has 0 amide bonds. The van der Waals surface area contributed by atoms with Crippen LogP contribution in [0.5, 0.6) is 0 Å². The van der Waals surface area contributed by atoms with Gasteiger partial charge >= 0.3 is 0 Å².